The average Bonchev–Trinajstić information content (AvgIpc) is 2.35. The Bertz CT molecular complexity index is 415. The van der Waals surface area contributed by atoms with E-state index in [-0.39, 0.29) is 12.6 Å². The molecule has 1 atom stereocenters. The Morgan fingerprint density at radius 2 is 2.39 bits per heavy atom. The van der Waals surface area contributed by atoms with Gasteiger partial charge in [0.1, 0.15) is 5.02 Å². The second-order valence-corrected chi connectivity index (χ2v) is 4.17. The number of halogens is 1. The molecule has 1 unspecified atom stereocenters. The minimum Gasteiger partial charge on any atom is -0.481 e. The first-order valence-electron chi connectivity index (χ1n) is 5.61. The Labute approximate surface area is 110 Å². The molecule has 1 aromatic heterocycles. The van der Waals surface area contributed by atoms with E-state index in [9.17, 15) is 4.79 Å². The minimum absolute atomic E-state index is 0.185. The van der Waals surface area contributed by atoms with Crippen molar-refractivity contribution in [2.24, 2.45) is 5.92 Å². The minimum atomic E-state index is -0.832. The van der Waals surface area contributed by atoms with Crippen LogP contribution in [0.2, 0.25) is 5.02 Å². The van der Waals surface area contributed by atoms with Crippen LogP contribution in [0.3, 0.4) is 0 Å². The molecule has 0 fully saturated rings. The van der Waals surface area contributed by atoms with E-state index in [2.05, 4.69) is 15.3 Å². The summed E-state index contributed by atoms with van der Waals surface area (Å²) in [5, 5.41) is 12.3. The fraction of sp³-hybridized carbons (Fsp3) is 0.545. The van der Waals surface area contributed by atoms with Gasteiger partial charge in [-0.25, -0.2) is 4.98 Å². The lowest BCUT2D eigenvalue weighted by molar-refractivity contribution is -0.141. The molecule has 1 aromatic rings. The first-order chi connectivity index (χ1) is 8.58. The summed E-state index contributed by atoms with van der Waals surface area (Å²) >= 11 is 5.90. The van der Waals surface area contributed by atoms with Crippen molar-refractivity contribution < 1.29 is 14.6 Å². The van der Waals surface area contributed by atoms with Gasteiger partial charge in [0, 0.05) is 6.54 Å². The molecule has 0 bridgehead atoms. The Kier molecular flexibility index (Phi) is 5.64. The smallest absolute Gasteiger partial charge is 0.318 e. The van der Waals surface area contributed by atoms with Crippen LogP contribution in [0, 0.1) is 5.92 Å². The van der Waals surface area contributed by atoms with Crippen molar-refractivity contribution >= 4 is 23.4 Å². The summed E-state index contributed by atoms with van der Waals surface area (Å²) in [6, 6.07) is 0.185. The number of carboxylic acids is 1. The Morgan fingerprint density at radius 1 is 1.67 bits per heavy atom. The molecule has 0 spiro atoms. The molecule has 100 valence electrons. The second kappa shape index (κ2) is 7.00. The third-order valence-corrected chi connectivity index (χ3v) is 2.68. The van der Waals surface area contributed by atoms with E-state index >= 15 is 0 Å². The van der Waals surface area contributed by atoms with Crippen LogP contribution in [-0.2, 0) is 4.79 Å². The van der Waals surface area contributed by atoms with Crippen molar-refractivity contribution in [1.82, 2.24) is 9.97 Å². The standard InChI is InChI=1S/C11H16ClN3O3/c1-3-4-7(10(16)17)5-13-9-8(12)6-14-11(15-9)18-2/h6-7H,3-5H2,1-2H3,(H,16,17)(H,13,14,15). The first-order valence-corrected chi connectivity index (χ1v) is 5.99. The number of nitrogens with one attached hydrogen (secondary N) is 1. The summed E-state index contributed by atoms with van der Waals surface area (Å²) in [6.45, 7) is 2.21. The van der Waals surface area contributed by atoms with Gasteiger partial charge in [0.05, 0.1) is 19.2 Å². The quantitative estimate of drug-likeness (QED) is 0.791. The summed E-state index contributed by atoms with van der Waals surface area (Å²) in [7, 11) is 1.45. The van der Waals surface area contributed by atoms with Crippen molar-refractivity contribution in [2.45, 2.75) is 19.8 Å². The van der Waals surface area contributed by atoms with E-state index in [4.69, 9.17) is 21.4 Å². The average molecular weight is 274 g/mol. The highest BCUT2D eigenvalue weighted by atomic mass is 35.5. The number of methoxy groups -OCH3 is 1. The van der Waals surface area contributed by atoms with Gasteiger partial charge in [-0.1, -0.05) is 24.9 Å². The fourth-order valence-corrected chi connectivity index (χ4v) is 1.61. The van der Waals surface area contributed by atoms with Crippen molar-refractivity contribution in [1.29, 1.82) is 0 Å². The zero-order valence-electron chi connectivity index (χ0n) is 10.3. The van der Waals surface area contributed by atoms with E-state index in [0.29, 0.717) is 17.3 Å². The highest BCUT2D eigenvalue weighted by Gasteiger charge is 2.17. The largest absolute Gasteiger partial charge is 0.481 e. The van der Waals surface area contributed by atoms with Crippen LogP contribution in [0.5, 0.6) is 6.01 Å². The molecule has 2 N–H and O–H groups in total. The summed E-state index contributed by atoms with van der Waals surface area (Å²) in [6.07, 6.45) is 2.81. The van der Waals surface area contributed by atoms with Crippen molar-refractivity contribution in [2.75, 3.05) is 19.0 Å². The number of aliphatic carboxylic acids is 1. The molecule has 1 heterocycles. The van der Waals surface area contributed by atoms with Gasteiger partial charge in [-0.3, -0.25) is 4.79 Å². The zero-order chi connectivity index (χ0) is 13.5. The number of hydrogen-bond donors (Lipinski definition) is 2. The third-order valence-electron chi connectivity index (χ3n) is 2.41. The van der Waals surface area contributed by atoms with E-state index in [0.717, 1.165) is 6.42 Å². The lowest BCUT2D eigenvalue weighted by atomic mass is 10.0. The maximum atomic E-state index is 11.0. The number of hydrogen-bond acceptors (Lipinski definition) is 5. The van der Waals surface area contributed by atoms with Crippen molar-refractivity contribution in [3.8, 4) is 6.01 Å². The lowest BCUT2D eigenvalue weighted by Gasteiger charge is -2.13. The number of aromatic nitrogens is 2. The number of carbonyl (C=O) groups is 1. The molecular weight excluding hydrogens is 258 g/mol. The number of nitrogens with zero attached hydrogens (tertiary/aromatic N) is 2. The van der Waals surface area contributed by atoms with E-state index in [1.54, 1.807) is 0 Å². The Balaban J connectivity index is 2.69. The molecular formula is C11H16ClN3O3. The van der Waals surface area contributed by atoms with Gasteiger partial charge in [0.25, 0.3) is 0 Å². The molecule has 0 aromatic carbocycles. The van der Waals surface area contributed by atoms with E-state index < -0.39 is 11.9 Å². The highest BCUT2D eigenvalue weighted by Crippen LogP contribution is 2.20. The summed E-state index contributed by atoms with van der Waals surface area (Å²) in [5.74, 6) is -0.917. The predicted octanol–water partition coefficient (Wildman–Crippen LogP) is 2.05. The van der Waals surface area contributed by atoms with Gasteiger partial charge in [0.2, 0.25) is 0 Å². The second-order valence-electron chi connectivity index (χ2n) is 3.76. The molecule has 0 aliphatic carbocycles. The SMILES string of the molecule is CCCC(CNc1nc(OC)ncc1Cl)C(=O)O. The molecule has 0 aliphatic heterocycles. The Morgan fingerprint density at radius 3 is 2.94 bits per heavy atom. The maximum Gasteiger partial charge on any atom is 0.318 e. The van der Waals surface area contributed by atoms with Gasteiger partial charge in [-0.05, 0) is 6.42 Å². The predicted molar refractivity (Wildman–Crippen MR) is 68.1 cm³/mol. The van der Waals surface area contributed by atoms with Gasteiger partial charge < -0.3 is 15.2 Å². The topological polar surface area (TPSA) is 84.3 Å². The van der Waals surface area contributed by atoms with Crippen LogP contribution in [0.4, 0.5) is 5.82 Å². The van der Waals surface area contributed by atoms with Gasteiger partial charge in [-0.15, -0.1) is 0 Å². The van der Waals surface area contributed by atoms with Crippen LogP contribution in [0.1, 0.15) is 19.8 Å². The normalized spacial score (nSPS) is 11.9. The van der Waals surface area contributed by atoms with Crippen LogP contribution in [0.25, 0.3) is 0 Å². The number of rotatable bonds is 7. The summed E-state index contributed by atoms with van der Waals surface area (Å²) < 4.78 is 4.87. The van der Waals surface area contributed by atoms with E-state index in [1.165, 1.54) is 13.3 Å². The van der Waals surface area contributed by atoms with Crippen LogP contribution in [-0.4, -0.2) is 34.7 Å². The molecule has 1 rings (SSSR count). The summed E-state index contributed by atoms with van der Waals surface area (Å²) in [5.41, 5.74) is 0. The van der Waals surface area contributed by atoms with Crippen LogP contribution in [0.15, 0.2) is 6.20 Å². The zero-order valence-corrected chi connectivity index (χ0v) is 11.1. The van der Waals surface area contributed by atoms with Crippen molar-refractivity contribution in [3.05, 3.63) is 11.2 Å². The van der Waals surface area contributed by atoms with Gasteiger partial charge >= 0.3 is 12.0 Å². The van der Waals surface area contributed by atoms with Gasteiger partial charge in [0.15, 0.2) is 5.82 Å². The third kappa shape index (κ3) is 4.03. The molecule has 0 saturated carbocycles. The van der Waals surface area contributed by atoms with Crippen molar-refractivity contribution in [3.63, 3.8) is 0 Å². The molecule has 7 heteroatoms. The fourth-order valence-electron chi connectivity index (χ4n) is 1.45. The molecule has 0 radical (unpaired) electrons. The number of carboxylic acid groups (broad SMARTS) is 1. The number of ether oxygens (including phenoxy) is 1. The molecule has 0 aliphatic rings. The number of anilines is 1. The summed E-state index contributed by atoms with van der Waals surface area (Å²) in [4.78, 5) is 18.8. The molecule has 18 heavy (non-hydrogen) atoms. The van der Waals surface area contributed by atoms with Crippen LogP contribution < -0.4 is 10.1 Å². The van der Waals surface area contributed by atoms with Gasteiger partial charge in [-0.2, -0.15) is 4.98 Å². The monoisotopic (exact) mass is 273 g/mol. The molecule has 0 saturated heterocycles. The first kappa shape index (κ1) is 14.5. The van der Waals surface area contributed by atoms with E-state index in [1.807, 2.05) is 6.92 Å². The molecule has 0 amide bonds. The lowest BCUT2D eigenvalue weighted by Crippen LogP contribution is -2.23. The molecule has 6 nitrogen and oxygen atoms in total. The maximum absolute atomic E-state index is 11.0. The Hall–Kier alpha value is -1.56. The van der Waals surface area contributed by atoms with Crippen LogP contribution >= 0.6 is 11.6 Å². The highest BCUT2D eigenvalue weighted by molar-refractivity contribution is 6.32.